The number of carbonyl (C=O) groups excluding carboxylic acids is 4. The van der Waals surface area contributed by atoms with Crippen molar-refractivity contribution >= 4 is 59.0 Å². The second-order valence-electron chi connectivity index (χ2n) is 16.1. The topological polar surface area (TPSA) is 204 Å². The third-order valence-electron chi connectivity index (χ3n) is 11.4. The SMILES string of the molecule is COC(=O)C1CNCCN1C(=O)/C=C/c1ccc(Sc2ccc(/C=C/C(=O)N3CCNCC3C(=O)OC)c(-c3ccccc3C(C)C)c2[N+](=O)[O-])c([N+](=O)[O-])c1-c1ccccc1C(C)C. The Kier molecular flexibility index (Phi) is 15.7. The second-order valence-corrected chi connectivity index (χ2v) is 17.2. The fourth-order valence-corrected chi connectivity index (χ4v) is 9.32. The van der Waals surface area contributed by atoms with Crippen molar-refractivity contribution in [1.29, 1.82) is 0 Å². The monoisotopic (exact) mass is 904 g/mol. The molecule has 0 saturated carbocycles. The van der Waals surface area contributed by atoms with Crippen molar-refractivity contribution in [2.24, 2.45) is 0 Å². The fourth-order valence-electron chi connectivity index (χ4n) is 8.26. The third kappa shape index (κ3) is 10.5. The summed E-state index contributed by atoms with van der Waals surface area (Å²) >= 11 is 0.869. The molecule has 0 bridgehead atoms. The molecule has 6 rings (SSSR count). The van der Waals surface area contributed by atoms with Crippen molar-refractivity contribution in [2.75, 3.05) is 53.5 Å². The number of hydrogen-bond donors (Lipinski definition) is 2. The normalized spacial score (nSPS) is 16.6. The average molecular weight is 905 g/mol. The van der Waals surface area contributed by atoms with Crippen LogP contribution in [-0.4, -0.2) is 109 Å². The minimum absolute atomic E-state index is 0.0719. The van der Waals surface area contributed by atoms with Gasteiger partial charge in [-0.1, -0.05) is 100 Å². The highest BCUT2D eigenvalue weighted by molar-refractivity contribution is 7.99. The highest BCUT2D eigenvalue weighted by atomic mass is 32.2. The third-order valence-corrected chi connectivity index (χ3v) is 12.5. The van der Waals surface area contributed by atoms with Crippen LogP contribution in [0.1, 0.15) is 61.8 Å². The lowest BCUT2D eigenvalue weighted by Crippen LogP contribution is -2.56. The van der Waals surface area contributed by atoms with Crippen molar-refractivity contribution < 1.29 is 38.5 Å². The lowest BCUT2D eigenvalue weighted by molar-refractivity contribution is -0.387. The molecule has 2 saturated heterocycles. The Hall–Kier alpha value is -6.69. The number of nitrogens with one attached hydrogen (secondary N) is 2. The molecule has 2 heterocycles. The van der Waals surface area contributed by atoms with Crippen LogP contribution in [0.2, 0.25) is 0 Å². The second kappa shape index (κ2) is 21.3. The summed E-state index contributed by atoms with van der Waals surface area (Å²) in [7, 11) is 2.50. The molecule has 2 unspecified atom stereocenters. The zero-order valence-corrected chi connectivity index (χ0v) is 37.9. The predicted molar refractivity (Wildman–Crippen MR) is 248 cm³/mol. The maximum atomic E-state index is 13.7. The molecule has 2 aliphatic heterocycles. The largest absolute Gasteiger partial charge is 0.467 e. The predicted octanol–water partition coefficient (Wildman–Crippen LogP) is 7.21. The molecular formula is C48H52N6O10S. The van der Waals surface area contributed by atoms with Gasteiger partial charge in [-0.3, -0.25) is 29.8 Å². The van der Waals surface area contributed by atoms with Gasteiger partial charge in [0, 0.05) is 51.4 Å². The summed E-state index contributed by atoms with van der Waals surface area (Å²) in [6.07, 6.45) is 5.55. The zero-order chi connectivity index (χ0) is 46.9. The van der Waals surface area contributed by atoms with E-state index < -0.39 is 45.7 Å². The van der Waals surface area contributed by atoms with Gasteiger partial charge in [0.15, 0.2) is 0 Å². The van der Waals surface area contributed by atoms with Crippen LogP contribution in [0.5, 0.6) is 0 Å². The first kappa shape index (κ1) is 47.8. The van der Waals surface area contributed by atoms with Crippen LogP contribution < -0.4 is 10.6 Å². The summed E-state index contributed by atoms with van der Waals surface area (Å²) in [5.74, 6) is -2.26. The van der Waals surface area contributed by atoms with Crippen molar-refractivity contribution in [3.05, 3.63) is 127 Å². The number of methoxy groups -OCH3 is 2. The van der Waals surface area contributed by atoms with E-state index in [0.717, 1.165) is 22.9 Å². The molecule has 2 atom stereocenters. The molecule has 340 valence electrons. The molecule has 0 aliphatic carbocycles. The van der Waals surface area contributed by atoms with E-state index in [4.69, 9.17) is 9.47 Å². The van der Waals surface area contributed by atoms with E-state index in [1.807, 2.05) is 52.0 Å². The molecule has 0 spiro atoms. The Morgan fingerprint density at radius 3 is 1.38 bits per heavy atom. The van der Waals surface area contributed by atoms with Crippen LogP contribution >= 0.6 is 11.8 Å². The zero-order valence-electron chi connectivity index (χ0n) is 37.1. The standard InChI is InChI=1S/C48H52N6O10S/c1-29(2)33-11-7-9-13-35(33)43-31(17-21-41(55)51-25-23-49-27-37(51)47(57)63-5)15-19-39(45(43)53(59)60)65-40-20-16-32(18-22-42(56)52-26-24-50-28-38(52)48(58)64-6)44(46(40)54(61)62)36-14-10-8-12-34(36)30(3)4/h7-22,29-30,37-38,49-50H,23-28H2,1-6H3/b21-17+,22-18+. The van der Waals surface area contributed by atoms with E-state index in [0.29, 0.717) is 35.3 Å². The Bertz CT molecular complexity index is 2380. The van der Waals surface area contributed by atoms with Crippen LogP contribution in [0.4, 0.5) is 11.4 Å². The summed E-state index contributed by atoms with van der Waals surface area (Å²) in [6, 6.07) is 19.1. The lowest BCUT2D eigenvalue weighted by atomic mass is 9.89. The Balaban J connectivity index is 1.52. The summed E-state index contributed by atoms with van der Waals surface area (Å²) in [4.78, 5) is 81.3. The quantitative estimate of drug-likeness (QED) is 0.0557. The number of benzene rings is 4. The van der Waals surface area contributed by atoms with E-state index in [1.165, 1.54) is 60.5 Å². The first-order valence-electron chi connectivity index (χ1n) is 21.2. The molecule has 0 radical (unpaired) electrons. The van der Waals surface area contributed by atoms with Gasteiger partial charge in [0.2, 0.25) is 11.8 Å². The summed E-state index contributed by atoms with van der Waals surface area (Å²) in [6.45, 7) is 9.65. The Morgan fingerprint density at radius 1 is 0.646 bits per heavy atom. The molecule has 2 fully saturated rings. The van der Waals surface area contributed by atoms with Gasteiger partial charge >= 0.3 is 11.9 Å². The number of nitro groups is 2. The number of ether oxygens (including phenoxy) is 2. The number of esters is 2. The van der Waals surface area contributed by atoms with Crippen LogP contribution in [0.3, 0.4) is 0 Å². The van der Waals surface area contributed by atoms with Crippen LogP contribution in [0, 0.1) is 20.2 Å². The summed E-state index contributed by atoms with van der Waals surface area (Å²) < 4.78 is 9.87. The first-order chi connectivity index (χ1) is 31.2. The van der Waals surface area contributed by atoms with Gasteiger partial charge in [-0.25, -0.2) is 9.59 Å². The smallest absolute Gasteiger partial charge is 0.329 e. The molecule has 17 heteroatoms. The highest BCUT2D eigenvalue weighted by Gasteiger charge is 2.35. The van der Waals surface area contributed by atoms with Crippen LogP contribution in [0.15, 0.2) is 94.7 Å². The van der Waals surface area contributed by atoms with Crippen molar-refractivity contribution in [3.63, 3.8) is 0 Å². The Labute approximate surface area is 381 Å². The first-order valence-corrected chi connectivity index (χ1v) is 22.0. The molecule has 4 aromatic carbocycles. The van der Waals surface area contributed by atoms with E-state index >= 15 is 0 Å². The highest BCUT2D eigenvalue weighted by Crippen LogP contribution is 2.50. The van der Waals surface area contributed by atoms with E-state index in [2.05, 4.69) is 10.6 Å². The Morgan fingerprint density at radius 2 is 1.03 bits per heavy atom. The number of carbonyl (C=O) groups is 4. The van der Waals surface area contributed by atoms with E-state index in [1.54, 1.807) is 36.4 Å². The van der Waals surface area contributed by atoms with Gasteiger partial charge < -0.3 is 29.9 Å². The molecule has 65 heavy (non-hydrogen) atoms. The van der Waals surface area contributed by atoms with E-state index in [-0.39, 0.29) is 70.3 Å². The molecule has 4 aromatic rings. The number of nitro benzene ring substituents is 2. The van der Waals surface area contributed by atoms with Gasteiger partial charge in [-0.15, -0.1) is 0 Å². The molecular weight excluding hydrogens is 853 g/mol. The van der Waals surface area contributed by atoms with Crippen molar-refractivity contribution in [2.45, 2.75) is 61.4 Å². The molecule has 2 amide bonds. The van der Waals surface area contributed by atoms with Gasteiger partial charge in [-0.05, 0) is 69.5 Å². The number of hydrogen-bond acceptors (Lipinski definition) is 13. The van der Waals surface area contributed by atoms with E-state index in [9.17, 15) is 39.4 Å². The maximum absolute atomic E-state index is 13.7. The van der Waals surface area contributed by atoms with Gasteiger partial charge in [0.05, 0.1) is 45.0 Å². The average Bonchev–Trinajstić information content (AvgIpc) is 3.31. The van der Waals surface area contributed by atoms with Gasteiger partial charge in [0.1, 0.15) is 12.1 Å². The van der Waals surface area contributed by atoms with Crippen LogP contribution in [0.25, 0.3) is 34.4 Å². The molecule has 0 aromatic heterocycles. The van der Waals surface area contributed by atoms with Crippen molar-refractivity contribution in [1.82, 2.24) is 20.4 Å². The number of rotatable bonds is 14. The number of nitrogens with zero attached hydrogens (tertiary/aromatic N) is 4. The summed E-state index contributed by atoms with van der Waals surface area (Å²) in [5.41, 5.74) is 3.16. The number of piperazine rings is 2. The minimum atomic E-state index is -0.859. The molecule has 2 aliphatic rings. The van der Waals surface area contributed by atoms with Gasteiger partial charge in [0.25, 0.3) is 11.4 Å². The van der Waals surface area contributed by atoms with Crippen LogP contribution in [-0.2, 0) is 28.7 Å². The summed E-state index contributed by atoms with van der Waals surface area (Å²) in [5, 5.41) is 33.1. The van der Waals surface area contributed by atoms with Crippen molar-refractivity contribution in [3.8, 4) is 22.3 Å². The molecule has 16 nitrogen and oxygen atoms in total. The molecule has 2 N–H and O–H groups in total. The fraction of sp³-hybridized carbons (Fsp3) is 0.333. The van der Waals surface area contributed by atoms with Gasteiger partial charge in [-0.2, -0.15) is 0 Å². The lowest BCUT2D eigenvalue weighted by Gasteiger charge is -2.33. The number of amides is 2. The maximum Gasteiger partial charge on any atom is 0.329 e. The minimum Gasteiger partial charge on any atom is -0.467 e.